The predicted molar refractivity (Wildman–Crippen MR) is 87.6 cm³/mol. The van der Waals surface area contributed by atoms with Crippen molar-refractivity contribution in [3.8, 4) is 0 Å². The van der Waals surface area contributed by atoms with E-state index in [4.69, 9.17) is 9.47 Å². The Morgan fingerprint density at radius 2 is 1.88 bits per heavy atom. The number of hydrogen-bond acceptors (Lipinski definition) is 4. The van der Waals surface area contributed by atoms with Crippen LogP contribution in [-0.4, -0.2) is 48.2 Å². The van der Waals surface area contributed by atoms with Crippen molar-refractivity contribution in [2.45, 2.75) is 38.7 Å². The van der Waals surface area contributed by atoms with Crippen LogP contribution < -0.4 is 0 Å². The van der Waals surface area contributed by atoms with Gasteiger partial charge in [0.05, 0.1) is 18.0 Å². The molecule has 1 unspecified atom stereocenters. The Hall–Kier alpha value is -2.18. The van der Waals surface area contributed by atoms with Gasteiger partial charge in [-0.05, 0) is 39.3 Å². The van der Waals surface area contributed by atoms with Gasteiger partial charge in [-0.1, -0.05) is 18.2 Å². The second kappa shape index (κ2) is 7.37. The molecule has 0 aromatic heterocycles. The molecule has 1 aliphatic rings. The lowest BCUT2D eigenvalue weighted by molar-refractivity contribution is -0.124. The van der Waals surface area contributed by atoms with E-state index in [-0.39, 0.29) is 19.6 Å². The molecule has 0 saturated carbocycles. The molecule has 5 nitrogen and oxygen atoms in total. The van der Waals surface area contributed by atoms with Gasteiger partial charge < -0.3 is 14.4 Å². The highest BCUT2D eigenvalue weighted by Crippen LogP contribution is 2.34. The lowest BCUT2D eigenvalue weighted by Gasteiger charge is -2.38. The van der Waals surface area contributed by atoms with Crippen molar-refractivity contribution >= 4 is 12.1 Å². The number of rotatable bonds is 3. The molecule has 25 heavy (non-hydrogen) atoms. The van der Waals surface area contributed by atoms with E-state index < -0.39 is 36.0 Å². The normalized spacial score (nSPS) is 20.0. The third-order valence-corrected chi connectivity index (χ3v) is 3.82. The number of esters is 1. The number of halogens is 2. The summed E-state index contributed by atoms with van der Waals surface area (Å²) in [5.74, 6) is -4.91. The summed E-state index contributed by atoms with van der Waals surface area (Å²) < 4.78 is 38.8. The van der Waals surface area contributed by atoms with E-state index in [1.54, 1.807) is 51.1 Å². The molecule has 1 atom stereocenters. The van der Waals surface area contributed by atoms with E-state index in [9.17, 15) is 18.4 Å². The van der Waals surface area contributed by atoms with E-state index in [1.165, 1.54) is 0 Å². The van der Waals surface area contributed by atoms with Crippen LogP contribution in [0.5, 0.6) is 0 Å². The second-order valence-electron chi connectivity index (χ2n) is 7.11. The van der Waals surface area contributed by atoms with Gasteiger partial charge in [0.25, 0.3) is 5.92 Å². The van der Waals surface area contributed by atoms with Crippen LogP contribution in [-0.2, 0) is 9.47 Å². The van der Waals surface area contributed by atoms with Gasteiger partial charge in [0.15, 0.2) is 0 Å². The van der Waals surface area contributed by atoms with Crippen molar-refractivity contribution in [2.75, 3.05) is 19.7 Å². The minimum atomic E-state index is -3.15. The molecule has 1 heterocycles. The minimum Gasteiger partial charge on any atom is -0.462 e. The molecule has 1 amide bonds. The molecule has 1 fully saturated rings. The second-order valence-corrected chi connectivity index (χ2v) is 7.11. The van der Waals surface area contributed by atoms with Gasteiger partial charge in [-0.15, -0.1) is 0 Å². The largest absolute Gasteiger partial charge is 0.462 e. The standard InChI is InChI=1S/C18H23F2NO4/c1-17(2,3)25-16(23)21-10-9-14(18(19,20)12-21)11-24-15(22)13-7-5-4-6-8-13/h4-8,14H,9-12H2,1-3H3. The fourth-order valence-corrected chi connectivity index (χ4v) is 2.51. The number of carbonyl (C=O) groups is 2. The van der Waals surface area contributed by atoms with Crippen LogP contribution in [0.3, 0.4) is 0 Å². The van der Waals surface area contributed by atoms with Crippen LogP contribution in [0, 0.1) is 5.92 Å². The van der Waals surface area contributed by atoms with E-state index >= 15 is 0 Å². The number of ether oxygens (including phenoxy) is 2. The number of amides is 1. The highest BCUT2D eigenvalue weighted by Gasteiger charge is 2.47. The van der Waals surface area contributed by atoms with Crippen LogP contribution in [0.25, 0.3) is 0 Å². The van der Waals surface area contributed by atoms with Crippen molar-refractivity contribution in [2.24, 2.45) is 5.92 Å². The fraction of sp³-hybridized carbons (Fsp3) is 0.556. The van der Waals surface area contributed by atoms with Gasteiger partial charge in [-0.25, -0.2) is 18.4 Å². The Bertz CT molecular complexity index is 613. The lowest BCUT2D eigenvalue weighted by atomic mass is 9.94. The number of alkyl halides is 2. The molecule has 0 aliphatic carbocycles. The van der Waals surface area contributed by atoms with Crippen molar-refractivity contribution in [3.05, 3.63) is 35.9 Å². The highest BCUT2D eigenvalue weighted by molar-refractivity contribution is 5.89. The molecule has 0 bridgehead atoms. The molecule has 1 aromatic rings. The van der Waals surface area contributed by atoms with Gasteiger partial charge in [0.2, 0.25) is 0 Å². The van der Waals surface area contributed by atoms with Crippen molar-refractivity contribution < 1.29 is 27.8 Å². The Balaban J connectivity index is 1.90. The Kier molecular flexibility index (Phi) is 5.65. The number of likely N-dealkylation sites (tertiary alicyclic amines) is 1. The first-order chi connectivity index (χ1) is 11.6. The van der Waals surface area contributed by atoms with Crippen LogP contribution in [0.1, 0.15) is 37.6 Å². The van der Waals surface area contributed by atoms with E-state index in [2.05, 4.69) is 0 Å². The molecule has 1 aliphatic heterocycles. The summed E-state index contributed by atoms with van der Waals surface area (Å²) in [6.45, 7) is 4.05. The molecule has 138 valence electrons. The number of piperidine rings is 1. The summed E-state index contributed by atoms with van der Waals surface area (Å²) >= 11 is 0. The van der Waals surface area contributed by atoms with Crippen molar-refractivity contribution in [3.63, 3.8) is 0 Å². The summed E-state index contributed by atoms with van der Waals surface area (Å²) in [6, 6.07) is 8.21. The first kappa shape index (κ1) is 19.1. The van der Waals surface area contributed by atoms with Crippen molar-refractivity contribution in [1.29, 1.82) is 0 Å². The van der Waals surface area contributed by atoms with Crippen LogP contribution >= 0.6 is 0 Å². The molecule has 0 radical (unpaired) electrons. The Morgan fingerprint density at radius 1 is 1.24 bits per heavy atom. The van der Waals surface area contributed by atoms with Crippen LogP contribution in [0.2, 0.25) is 0 Å². The zero-order valence-electron chi connectivity index (χ0n) is 14.6. The molecule has 2 rings (SSSR count). The maximum absolute atomic E-state index is 14.3. The van der Waals surface area contributed by atoms with Crippen LogP contribution in [0.4, 0.5) is 13.6 Å². The Labute approximate surface area is 145 Å². The van der Waals surface area contributed by atoms with Crippen molar-refractivity contribution in [1.82, 2.24) is 4.90 Å². The van der Waals surface area contributed by atoms with E-state index in [0.29, 0.717) is 5.56 Å². The number of hydrogen-bond donors (Lipinski definition) is 0. The summed E-state index contributed by atoms with van der Waals surface area (Å²) in [7, 11) is 0. The maximum atomic E-state index is 14.3. The van der Waals surface area contributed by atoms with E-state index in [0.717, 1.165) is 4.90 Å². The molecular formula is C18H23F2NO4. The predicted octanol–water partition coefficient (Wildman–Crippen LogP) is 3.74. The van der Waals surface area contributed by atoms with Gasteiger partial charge in [-0.3, -0.25) is 0 Å². The molecular weight excluding hydrogens is 332 g/mol. The lowest BCUT2D eigenvalue weighted by Crippen LogP contribution is -2.53. The third kappa shape index (κ3) is 5.41. The highest BCUT2D eigenvalue weighted by atomic mass is 19.3. The summed E-state index contributed by atoms with van der Waals surface area (Å²) in [4.78, 5) is 24.8. The number of benzene rings is 1. The quantitative estimate of drug-likeness (QED) is 0.775. The smallest absolute Gasteiger partial charge is 0.410 e. The molecule has 7 heteroatoms. The summed E-state index contributed by atoms with van der Waals surface area (Å²) in [5.41, 5.74) is -0.425. The van der Waals surface area contributed by atoms with Gasteiger partial charge >= 0.3 is 12.1 Å². The summed E-state index contributed by atoms with van der Waals surface area (Å²) in [6.07, 6.45) is -0.721. The topological polar surface area (TPSA) is 55.8 Å². The van der Waals surface area contributed by atoms with Crippen LogP contribution in [0.15, 0.2) is 30.3 Å². The third-order valence-electron chi connectivity index (χ3n) is 3.82. The zero-order chi connectivity index (χ0) is 18.7. The molecule has 0 spiro atoms. The average molecular weight is 355 g/mol. The Morgan fingerprint density at radius 3 is 2.44 bits per heavy atom. The molecule has 1 saturated heterocycles. The molecule has 1 aromatic carbocycles. The van der Waals surface area contributed by atoms with Gasteiger partial charge in [0, 0.05) is 6.54 Å². The SMILES string of the molecule is CC(C)(C)OC(=O)N1CCC(COC(=O)c2ccccc2)C(F)(F)C1. The van der Waals surface area contributed by atoms with Gasteiger partial charge in [-0.2, -0.15) is 0 Å². The zero-order valence-corrected chi connectivity index (χ0v) is 14.6. The average Bonchev–Trinajstić information content (AvgIpc) is 2.52. The number of carbonyl (C=O) groups excluding carboxylic acids is 2. The fourth-order valence-electron chi connectivity index (χ4n) is 2.51. The van der Waals surface area contributed by atoms with E-state index in [1.807, 2.05) is 0 Å². The van der Waals surface area contributed by atoms with Gasteiger partial charge in [0.1, 0.15) is 12.2 Å². The monoisotopic (exact) mass is 355 g/mol. The maximum Gasteiger partial charge on any atom is 0.410 e. The minimum absolute atomic E-state index is 0.0360. The number of nitrogens with zero attached hydrogens (tertiary/aromatic N) is 1. The summed E-state index contributed by atoms with van der Waals surface area (Å²) in [5, 5.41) is 0. The first-order valence-corrected chi connectivity index (χ1v) is 8.16. The molecule has 0 N–H and O–H groups in total. The first-order valence-electron chi connectivity index (χ1n) is 8.16.